The summed E-state index contributed by atoms with van der Waals surface area (Å²) in [5.74, 6) is 0.960. The average molecular weight is 253 g/mol. The molecule has 0 fully saturated rings. The van der Waals surface area contributed by atoms with E-state index < -0.39 is 0 Å². The van der Waals surface area contributed by atoms with Crippen LogP contribution in [0.4, 0.5) is 0 Å². The minimum atomic E-state index is 0. The minimum absolute atomic E-state index is 0. The summed E-state index contributed by atoms with van der Waals surface area (Å²) >= 11 is 0. The maximum atomic E-state index is 5.34. The number of aromatic nitrogens is 1. The van der Waals surface area contributed by atoms with Gasteiger partial charge in [-0.1, -0.05) is 6.07 Å². The number of furan rings is 1. The van der Waals surface area contributed by atoms with E-state index in [0.29, 0.717) is 0 Å². The molecule has 0 radical (unpaired) electrons. The summed E-state index contributed by atoms with van der Waals surface area (Å²) in [5.41, 5.74) is 2.29. The zero-order valence-corrected chi connectivity index (χ0v) is 10.8. The van der Waals surface area contributed by atoms with Crippen molar-refractivity contribution in [3.63, 3.8) is 0 Å². The number of rotatable bonds is 4. The highest BCUT2D eigenvalue weighted by Crippen LogP contribution is 2.13. The van der Waals surface area contributed by atoms with Gasteiger partial charge < -0.3 is 9.73 Å². The highest BCUT2D eigenvalue weighted by atomic mass is 35.5. The fraction of sp³-hybridized carbons (Fsp3) is 0.308. The first kappa shape index (κ1) is 13.7. The van der Waals surface area contributed by atoms with Gasteiger partial charge in [0.2, 0.25) is 0 Å². The second kappa shape index (κ2) is 6.42. The molecule has 2 heterocycles. The number of hydrogen-bond donors (Lipinski definition) is 1. The SMILES string of the molecule is Cc1ncccc1CNC(C)c1ccco1.Cl. The minimum Gasteiger partial charge on any atom is -0.468 e. The third-order valence-corrected chi connectivity index (χ3v) is 2.69. The molecule has 1 atom stereocenters. The van der Waals surface area contributed by atoms with Crippen molar-refractivity contribution in [1.29, 1.82) is 0 Å². The molecular weight excluding hydrogens is 236 g/mol. The normalized spacial score (nSPS) is 11.9. The maximum Gasteiger partial charge on any atom is 0.120 e. The van der Waals surface area contributed by atoms with E-state index in [0.717, 1.165) is 18.0 Å². The molecular formula is C13H17ClN2O. The molecule has 2 aromatic rings. The van der Waals surface area contributed by atoms with Gasteiger partial charge in [-0.25, -0.2) is 0 Å². The topological polar surface area (TPSA) is 38.1 Å². The molecule has 0 amide bonds. The summed E-state index contributed by atoms with van der Waals surface area (Å²) in [4.78, 5) is 4.26. The molecule has 0 spiro atoms. The highest BCUT2D eigenvalue weighted by molar-refractivity contribution is 5.85. The van der Waals surface area contributed by atoms with Gasteiger partial charge >= 0.3 is 0 Å². The van der Waals surface area contributed by atoms with Crippen molar-refractivity contribution in [2.75, 3.05) is 0 Å². The lowest BCUT2D eigenvalue weighted by atomic mass is 10.2. The summed E-state index contributed by atoms with van der Waals surface area (Å²) in [6.07, 6.45) is 3.51. The first-order valence-corrected chi connectivity index (χ1v) is 5.44. The fourth-order valence-corrected chi connectivity index (χ4v) is 1.61. The quantitative estimate of drug-likeness (QED) is 0.908. The van der Waals surface area contributed by atoms with Gasteiger partial charge in [0.1, 0.15) is 5.76 Å². The van der Waals surface area contributed by atoms with Crippen LogP contribution in [-0.2, 0) is 6.54 Å². The van der Waals surface area contributed by atoms with Crippen LogP contribution in [0.2, 0.25) is 0 Å². The zero-order chi connectivity index (χ0) is 11.4. The highest BCUT2D eigenvalue weighted by Gasteiger charge is 2.07. The van der Waals surface area contributed by atoms with Gasteiger partial charge in [0.05, 0.1) is 12.3 Å². The first-order chi connectivity index (χ1) is 7.77. The predicted octanol–water partition coefficient (Wildman–Crippen LogP) is 3.26. The summed E-state index contributed by atoms with van der Waals surface area (Å²) in [6.45, 7) is 4.92. The lowest BCUT2D eigenvalue weighted by Gasteiger charge is -2.12. The van der Waals surface area contributed by atoms with Crippen LogP contribution < -0.4 is 5.32 Å². The molecule has 92 valence electrons. The second-order valence-corrected chi connectivity index (χ2v) is 3.87. The van der Waals surface area contributed by atoms with Crippen LogP contribution >= 0.6 is 12.4 Å². The third kappa shape index (κ3) is 3.58. The monoisotopic (exact) mass is 252 g/mol. The van der Waals surface area contributed by atoms with Crippen molar-refractivity contribution in [3.05, 3.63) is 53.7 Å². The van der Waals surface area contributed by atoms with Crippen LogP contribution in [0.1, 0.15) is 30.0 Å². The Morgan fingerprint density at radius 1 is 1.35 bits per heavy atom. The van der Waals surface area contributed by atoms with Crippen LogP contribution in [0, 0.1) is 6.92 Å². The molecule has 0 saturated carbocycles. The fourth-order valence-electron chi connectivity index (χ4n) is 1.61. The van der Waals surface area contributed by atoms with Gasteiger partial charge in [-0.3, -0.25) is 4.98 Å². The van der Waals surface area contributed by atoms with Crippen molar-refractivity contribution >= 4 is 12.4 Å². The number of nitrogens with one attached hydrogen (secondary N) is 1. The van der Waals surface area contributed by atoms with Crippen LogP contribution in [0.5, 0.6) is 0 Å². The standard InChI is InChI=1S/C13H16N2O.ClH/c1-10-12(5-3-7-14-10)9-15-11(2)13-6-4-8-16-13;/h3-8,11,15H,9H2,1-2H3;1H. The van der Waals surface area contributed by atoms with E-state index >= 15 is 0 Å². The van der Waals surface area contributed by atoms with Crippen LogP contribution in [0.3, 0.4) is 0 Å². The molecule has 1 unspecified atom stereocenters. The van der Waals surface area contributed by atoms with Crippen molar-refractivity contribution in [2.24, 2.45) is 0 Å². The van der Waals surface area contributed by atoms with Gasteiger partial charge in [-0.05, 0) is 37.6 Å². The van der Waals surface area contributed by atoms with Gasteiger partial charge in [-0.2, -0.15) is 0 Å². The molecule has 2 rings (SSSR count). The van der Waals surface area contributed by atoms with Gasteiger partial charge in [0, 0.05) is 18.4 Å². The molecule has 4 heteroatoms. The molecule has 1 N–H and O–H groups in total. The Labute approximate surface area is 108 Å². The molecule has 0 aliphatic carbocycles. The number of pyridine rings is 1. The van der Waals surface area contributed by atoms with E-state index in [9.17, 15) is 0 Å². The maximum absolute atomic E-state index is 5.34. The van der Waals surface area contributed by atoms with Gasteiger partial charge in [0.15, 0.2) is 0 Å². The summed E-state index contributed by atoms with van der Waals surface area (Å²) in [7, 11) is 0. The number of halogens is 1. The predicted molar refractivity (Wildman–Crippen MR) is 70.2 cm³/mol. The molecule has 0 saturated heterocycles. The zero-order valence-electron chi connectivity index (χ0n) is 10.0. The number of aryl methyl sites for hydroxylation is 1. The van der Waals surface area contributed by atoms with E-state index in [1.807, 2.05) is 31.3 Å². The second-order valence-electron chi connectivity index (χ2n) is 3.87. The lowest BCUT2D eigenvalue weighted by molar-refractivity contribution is 0.430. The number of hydrogen-bond acceptors (Lipinski definition) is 3. The van der Waals surface area contributed by atoms with E-state index in [-0.39, 0.29) is 18.4 Å². The molecule has 0 aliphatic heterocycles. The summed E-state index contributed by atoms with van der Waals surface area (Å²) < 4.78 is 5.34. The smallest absolute Gasteiger partial charge is 0.120 e. The van der Waals surface area contributed by atoms with Crippen LogP contribution in [0.25, 0.3) is 0 Å². The number of nitrogens with zero attached hydrogens (tertiary/aromatic N) is 1. The van der Waals surface area contributed by atoms with E-state index in [2.05, 4.69) is 23.3 Å². The summed E-state index contributed by atoms with van der Waals surface area (Å²) in [5, 5.41) is 3.41. The Hall–Kier alpha value is -1.32. The third-order valence-electron chi connectivity index (χ3n) is 2.69. The van der Waals surface area contributed by atoms with Crippen molar-refractivity contribution in [2.45, 2.75) is 26.4 Å². The van der Waals surface area contributed by atoms with Crippen molar-refractivity contribution < 1.29 is 4.42 Å². The van der Waals surface area contributed by atoms with Crippen LogP contribution in [0.15, 0.2) is 41.1 Å². The van der Waals surface area contributed by atoms with E-state index in [1.165, 1.54) is 5.56 Å². The molecule has 0 aliphatic rings. The lowest BCUT2D eigenvalue weighted by Crippen LogP contribution is -2.18. The van der Waals surface area contributed by atoms with Crippen LogP contribution in [-0.4, -0.2) is 4.98 Å². The Morgan fingerprint density at radius 3 is 2.82 bits per heavy atom. The Bertz CT molecular complexity index is 442. The Kier molecular flexibility index (Phi) is 5.19. The van der Waals surface area contributed by atoms with Gasteiger partial charge in [-0.15, -0.1) is 12.4 Å². The molecule has 2 aromatic heterocycles. The van der Waals surface area contributed by atoms with E-state index in [1.54, 1.807) is 6.26 Å². The largest absolute Gasteiger partial charge is 0.468 e. The van der Waals surface area contributed by atoms with E-state index in [4.69, 9.17) is 4.42 Å². The van der Waals surface area contributed by atoms with Gasteiger partial charge in [0.25, 0.3) is 0 Å². The molecule has 0 bridgehead atoms. The Morgan fingerprint density at radius 2 is 2.18 bits per heavy atom. The summed E-state index contributed by atoms with van der Waals surface area (Å²) in [6, 6.07) is 8.15. The Balaban J connectivity index is 0.00000144. The van der Waals surface area contributed by atoms with Crippen molar-refractivity contribution in [3.8, 4) is 0 Å². The van der Waals surface area contributed by atoms with Crippen molar-refractivity contribution in [1.82, 2.24) is 10.3 Å². The average Bonchev–Trinajstić information content (AvgIpc) is 2.81. The first-order valence-electron chi connectivity index (χ1n) is 5.44. The molecule has 3 nitrogen and oxygen atoms in total. The molecule has 0 aromatic carbocycles. The molecule has 17 heavy (non-hydrogen) atoms.